The summed E-state index contributed by atoms with van der Waals surface area (Å²) < 4.78 is 4.92. The Balaban J connectivity index is 2.57. The summed E-state index contributed by atoms with van der Waals surface area (Å²) in [5.74, 6) is 0.401. The van der Waals surface area contributed by atoms with Crippen LogP contribution in [0.2, 0.25) is 0 Å². The maximum absolute atomic E-state index is 10.7. The molecule has 1 heterocycles. The van der Waals surface area contributed by atoms with Gasteiger partial charge >= 0.3 is 6.09 Å². The van der Waals surface area contributed by atoms with E-state index in [2.05, 4.69) is 12.2 Å². The smallest absolute Gasteiger partial charge is 0.407 e. The summed E-state index contributed by atoms with van der Waals surface area (Å²) in [5, 5.41) is 2.70. The van der Waals surface area contributed by atoms with Crippen molar-refractivity contribution in [3.63, 3.8) is 0 Å². The van der Waals surface area contributed by atoms with Gasteiger partial charge in [-0.25, -0.2) is 4.79 Å². The number of ether oxygens (including phenoxy) is 1. The van der Waals surface area contributed by atoms with E-state index in [1.165, 1.54) is 0 Å². The fourth-order valence-corrected chi connectivity index (χ4v) is 1.03. The third-order valence-corrected chi connectivity index (χ3v) is 2.17. The number of cyclic esters (lactones) is 1. The minimum absolute atomic E-state index is 0.0451. The number of carbonyl (C=O) groups excluding carboxylic acids is 1. The number of amides is 1. The van der Waals surface area contributed by atoms with Gasteiger partial charge in [-0.1, -0.05) is 6.92 Å². The fraction of sp³-hybridized carbons (Fsp3) is 0.857. The van der Waals surface area contributed by atoms with E-state index in [0.717, 1.165) is 0 Å². The molecule has 3 nitrogen and oxygen atoms in total. The van der Waals surface area contributed by atoms with Crippen LogP contribution in [0.5, 0.6) is 0 Å². The summed E-state index contributed by atoms with van der Waals surface area (Å²) in [5.41, 5.74) is 0. The van der Waals surface area contributed by atoms with Gasteiger partial charge in [-0.15, -0.1) is 0 Å². The first-order valence-corrected chi connectivity index (χ1v) is 3.58. The molecule has 0 aromatic carbocycles. The maximum atomic E-state index is 10.7. The molecular weight excluding hydrogens is 130 g/mol. The van der Waals surface area contributed by atoms with Crippen LogP contribution in [0.15, 0.2) is 0 Å². The van der Waals surface area contributed by atoms with Gasteiger partial charge in [0.2, 0.25) is 0 Å². The molecule has 1 aliphatic heterocycles. The maximum Gasteiger partial charge on any atom is 0.407 e. The van der Waals surface area contributed by atoms with Gasteiger partial charge in [-0.2, -0.15) is 0 Å². The molecule has 0 spiro atoms. The van der Waals surface area contributed by atoms with Crippen molar-refractivity contribution in [2.24, 2.45) is 5.92 Å². The van der Waals surface area contributed by atoms with Gasteiger partial charge in [0.25, 0.3) is 0 Å². The molecule has 1 saturated heterocycles. The van der Waals surface area contributed by atoms with Crippen LogP contribution < -0.4 is 5.32 Å². The molecule has 1 N–H and O–H groups in total. The molecule has 3 heteroatoms. The lowest BCUT2D eigenvalue weighted by molar-refractivity contribution is 0.0363. The Bertz CT molecular complexity index is 133. The molecule has 0 saturated carbocycles. The van der Waals surface area contributed by atoms with E-state index < -0.39 is 0 Å². The molecule has 0 unspecified atom stereocenters. The SMILES string of the molecule is C[C@H]1[C@@H](C)NC(=O)O[C@@H]1C. The highest BCUT2D eigenvalue weighted by molar-refractivity contribution is 5.68. The topological polar surface area (TPSA) is 38.3 Å². The van der Waals surface area contributed by atoms with Gasteiger partial charge in [0, 0.05) is 12.0 Å². The molecule has 58 valence electrons. The molecule has 3 atom stereocenters. The lowest BCUT2D eigenvalue weighted by Crippen LogP contribution is -2.48. The van der Waals surface area contributed by atoms with E-state index in [-0.39, 0.29) is 18.2 Å². The number of alkyl carbamates (subject to hydrolysis) is 1. The summed E-state index contributed by atoms with van der Waals surface area (Å²) in [6, 6.07) is 0.233. The highest BCUT2D eigenvalue weighted by Crippen LogP contribution is 2.16. The van der Waals surface area contributed by atoms with Crippen molar-refractivity contribution in [3.05, 3.63) is 0 Å². The van der Waals surface area contributed by atoms with Crippen molar-refractivity contribution in [2.75, 3.05) is 0 Å². The normalized spacial score (nSPS) is 40.3. The highest BCUT2D eigenvalue weighted by Gasteiger charge is 2.28. The van der Waals surface area contributed by atoms with E-state index in [1.54, 1.807) is 0 Å². The Morgan fingerprint density at radius 3 is 2.50 bits per heavy atom. The van der Waals surface area contributed by atoms with Crippen molar-refractivity contribution in [1.29, 1.82) is 0 Å². The first-order valence-electron chi connectivity index (χ1n) is 3.58. The highest BCUT2D eigenvalue weighted by atomic mass is 16.6. The van der Waals surface area contributed by atoms with Crippen LogP contribution in [-0.4, -0.2) is 18.2 Å². The van der Waals surface area contributed by atoms with Crippen molar-refractivity contribution >= 4 is 6.09 Å². The zero-order valence-corrected chi connectivity index (χ0v) is 6.55. The molecule has 1 rings (SSSR count). The van der Waals surface area contributed by atoms with Crippen LogP contribution in [-0.2, 0) is 4.74 Å². The van der Waals surface area contributed by atoms with Crippen LogP contribution in [0.25, 0.3) is 0 Å². The zero-order valence-electron chi connectivity index (χ0n) is 6.55. The van der Waals surface area contributed by atoms with Crippen LogP contribution in [0.4, 0.5) is 4.79 Å². The number of nitrogens with one attached hydrogen (secondary N) is 1. The Hall–Kier alpha value is -0.730. The average molecular weight is 143 g/mol. The Kier molecular flexibility index (Phi) is 1.83. The van der Waals surface area contributed by atoms with Gasteiger partial charge in [0.15, 0.2) is 0 Å². The van der Waals surface area contributed by atoms with Gasteiger partial charge in [0.05, 0.1) is 0 Å². The molecule has 0 radical (unpaired) electrons. The zero-order chi connectivity index (χ0) is 7.72. The predicted octanol–water partition coefficient (Wildman–Crippen LogP) is 1.14. The van der Waals surface area contributed by atoms with Gasteiger partial charge in [-0.05, 0) is 13.8 Å². The largest absolute Gasteiger partial charge is 0.446 e. The van der Waals surface area contributed by atoms with Crippen molar-refractivity contribution in [3.8, 4) is 0 Å². The summed E-state index contributed by atoms with van der Waals surface area (Å²) in [6.45, 7) is 5.97. The second-order valence-corrected chi connectivity index (χ2v) is 2.90. The Morgan fingerprint density at radius 2 is 2.00 bits per heavy atom. The Labute approximate surface area is 60.7 Å². The third kappa shape index (κ3) is 1.23. The Morgan fingerprint density at radius 1 is 1.40 bits per heavy atom. The molecule has 1 aliphatic rings. The lowest BCUT2D eigenvalue weighted by atomic mass is 9.97. The van der Waals surface area contributed by atoms with E-state index in [9.17, 15) is 4.79 Å². The first kappa shape index (κ1) is 7.38. The number of carbonyl (C=O) groups is 1. The second kappa shape index (κ2) is 2.48. The molecule has 0 aromatic heterocycles. The van der Waals surface area contributed by atoms with Gasteiger partial charge in [0.1, 0.15) is 6.10 Å². The van der Waals surface area contributed by atoms with Crippen LogP contribution in [0, 0.1) is 5.92 Å². The molecular formula is C7H13NO2. The average Bonchev–Trinajstić information content (AvgIpc) is 1.82. The summed E-state index contributed by atoms with van der Waals surface area (Å²) in [7, 11) is 0. The molecule has 0 bridgehead atoms. The lowest BCUT2D eigenvalue weighted by Gasteiger charge is -2.31. The van der Waals surface area contributed by atoms with Crippen molar-refractivity contribution in [1.82, 2.24) is 5.32 Å². The fourth-order valence-electron chi connectivity index (χ4n) is 1.03. The van der Waals surface area contributed by atoms with E-state index in [0.29, 0.717) is 5.92 Å². The predicted molar refractivity (Wildman–Crippen MR) is 37.7 cm³/mol. The van der Waals surface area contributed by atoms with Crippen LogP contribution in [0.3, 0.4) is 0 Å². The van der Waals surface area contributed by atoms with E-state index in [1.807, 2.05) is 13.8 Å². The summed E-state index contributed by atoms with van der Waals surface area (Å²) in [4.78, 5) is 10.7. The summed E-state index contributed by atoms with van der Waals surface area (Å²) in [6.07, 6.45) is -0.248. The third-order valence-electron chi connectivity index (χ3n) is 2.17. The molecule has 0 aromatic rings. The standard InChI is InChI=1S/C7H13NO2/c1-4-5(2)8-7(9)10-6(4)3/h4-6H,1-3H3,(H,8,9)/t4-,5+,6+/m0/s1. The first-order chi connectivity index (χ1) is 4.61. The monoisotopic (exact) mass is 143 g/mol. The number of hydrogen-bond acceptors (Lipinski definition) is 2. The van der Waals surface area contributed by atoms with Crippen molar-refractivity contribution < 1.29 is 9.53 Å². The quantitative estimate of drug-likeness (QED) is 0.552. The van der Waals surface area contributed by atoms with E-state index in [4.69, 9.17) is 4.74 Å². The van der Waals surface area contributed by atoms with Crippen LogP contribution in [0.1, 0.15) is 20.8 Å². The van der Waals surface area contributed by atoms with Gasteiger partial charge < -0.3 is 10.1 Å². The molecule has 10 heavy (non-hydrogen) atoms. The minimum atomic E-state index is -0.293. The van der Waals surface area contributed by atoms with E-state index >= 15 is 0 Å². The summed E-state index contributed by atoms with van der Waals surface area (Å²) >= 11 is 0. The molecule has 1 fully saturated rings. The number of hydrogen-bond donors (Lipinski definition) is 1. The minimum Gasteiger partial charge on any atom is -0.446 e. The molecule has 0 aliphatic carbocycles. The van der Waals surface area contributed by atoms with Crippen molar-refractivity contribution in [2.45, 2.75) is 32.9 Å². The van der Waals surface area contributed by atoms with Gasteiger partial charge in [-0.3, -0.25) is 0 Å². The number of rotatable bonds is 0. The second-order valence-electron chi connectivity index (χ2n) is 2.90. The molecule has 1 amide bonds. The van der Waals surface area contributed by atoms with Crippen LogP contribution >= 0.6 is 0 Å².